The second-order valence-electron chi connectivity index (χ2n) is 12.7. The molecule has 0 spiro atoms. The van der Waals surface area contributed by atoms with E-state index in [0.29, 0.717) is 5.82 Å². The first-order valence-corrected chi connectivity index (χ1v) is 17.4. The van der Waals surface area contributed by atoms with Gasteiger partial charge in [-0.3, -0.25) is 0 Å². The normalized spacial score (nSPS) is 11.1. The van der Waals surface area contributed by atoms with Crippen molar-refractivity contribution >= 4 is 10.9 Å². The van der Waals surface area contributed by atoms with Gasteiger partial charge in [0.15, 0.2) is 5.82 Å². The second kappa shape index (κ2) is 13.7. The van der Waals surface area contributed by atoms with Crippen LogP contribution in [0.3, 0.4) is 0 Å². The molecule has 0 saturated carbocycles. The molecule has 0 atom stereocenters. The molecule has 52 heavy (non-hydrogen) atoms. The summed E-state index contributed by atoms with van der Waals surface area (Å²) in [5.74, 6) is 0.710. The van der Waals surface area contributed by atoms with Crippen molar-refractivity contribution in [2.24, 2.45) is 0 Å². The Morgan fingerprint density at radius 1 is 0.231 bits per heavy atom. The number of para-hydroxylation sites is 1. The molecule has 0 unspecified atom stereocenters. The Labute approximate surface area is 302 Å². The van der Waals surface area contributed by atoms with E-state index in [1.54, 1.807) is 0 Å². The van der Waals surface area contributed by atoms with Crippen LogP contribution in [-0.2, 0) is 0 Å². The van der Waals surface area contributed by atoms with Crippen LogP contribution in [0.25, 0.3) is 89.7 Å². The lowest BCUT2D eigenvalue weighted by molar-refractivity contribution is 1.21. The monoisotopic (exact) mass is 664 g/mol. The summed E-state index contributed by atoms with van der Waals surface area (Å²) in [6, 6.07) is 66.6. The zero-order chi connectivity index (χ0) is 34.7. The molecule has 4 nitrogen and oxygen atoms in total. The minimum atomic E-state index is 0.710. The molecule has 244 valence electrons. The topological polar surface area (TPSA) is 51.6 Å². The van der Waals surface area contributed by atoms with E-state index in [2.05, 4.69) is 121 Å². The van der Waals surface area contributed by atoms with Crippen LogP contribution in [0.1, 0.15) is 0 Å². The predicted octanol–water partition coefficient (Wildman–Crippen LogP) is 12.1. The van der Waals surface area contributed by atoms with Gasteiger partial charge in [-0.05, 0) is 29.3 Å². The van der Waals surface area contributed by atoms with Gasteiger partial charge < -0.3 is 0 Å². The van der Waals surface area contributed by atoms with E-state index in [1.165, 1.54) is 0 Å². The Hall–Kier alpha value is -7.04. The van der Waals surface area contributed by atoms with Crippen LogP contribution in [0.15, 0.2) is 194 Å². The molecule has 2 heterocycles. The standard InChI is InChI=1S/C48H32N4/c1-5-17-33(18-6-1)44-45(34-19-7-2-8-20-34)51-47(46(50-44)35-21-9-3-10-22-35)40-28-16-26-38(32-40)37-25-15-27-39(31-37)43-41-29-13-14-30-42(41)49-48(52-43)36-23-11-4-12-24-36/h1-32H. The Morgan fingerprint density at radius 3 is 1.10 bits per heavy atom. The van der Waals surface area contributed by atoms with Gasteiger partial charge in [-0.15, -0.1) is 0 Å². The number of hydrogen-bond donors (Lipinski definition) is 0. The summed E-state index contributed by atoms with van der Waals surface area (Å²) in [4.78, 5) is 20.9. The van der Waals surface area contributed by atoms with Crippen LogP contribution in [0.5, 0.6) is 0 Å². The third kappa shape index (κ3) is 6.03. The van der Waals surface area contributed by atoms with Crippen LogP contribution in [0.4, 0.5) is 0 Å². The molecule has 0 aliphatic carbocycles. The quantitative estimate of drug-likeness (QED) is 0.170. The van der Waals surface area contributed by atoms with E-state index in [0.717, 1.165) is 83.9 Å². The molecule has 0 bridgehead atoms. The minimum Gasteiger partial charge on any atom is -0.243 e. The smallest absolute Gasteiger partial charge is 0.160 e. The van der Waals surface area contributed by atoms with Gasteiger partial charge in [-0.1, -0.05) is 176 Å². The highest BCUT2D eigenvalue weighted by Crippen LogP contribution is 2.39. The fourth-order valence-corrected chi connectivity index (χ4v) is 6.73. The lowest BCUT2D eigenvalue weighted by atomic mass is 9.95. The molecule has 7 aromatic carbocycles. The van der Waals surface area contributed by atoms with Gasteiger partial charge in [0.2, 0.25) is 0 Å². The highest BCUT2D eigenvalue weighted by atomic mass is 14.9. The van der Waals surface area contributed by atoms with Crippen molar-refractivity contribution in [3.05, 3.63) is 194 Å². The summed E-state index contributed by atoms with van der Waals surface area (Å²) in [5.41, 5.74) is 13.4. The summed E-state index contributed by atoms with van der Waals surface area (Å²) in [6.45, 7) is 0. The maximum atomic E-state index is 5.46. The molecule has 0 radical (unpaired) electrons. The zero-order valence-electron chi connectivity index (χ0n) is 28.3. The number of hydrogen-bond acceptors (Lipinski definition) is 4. The zero-order valence-corrected chi connectivity index (χ0v) is 28.3. The molecular weight excluding hydrogens is 633 g/mol. The molecule has 9 aromatic rings. The van der Waals surface area contributed by atoms with Crippen LogP contribution < -0.4 is 0 Å². The molecule has 9 rings (SSSR count). The number of fused-ring (bicyclic) bond motifs is 1. The summed E-state index contributed by atoms with van der Waals surface area (Å²) >= 11 is 0. The summed E-state index contributed by atoms with van der Waals surface area (Å²) in [7, 11) is 0. The Morgan fingerprint density at radius 2 is 0.596 bits per heavy atom. The van der Waals surface area contributed by atoms with Crippen LogP contribution in [-0.4, -0.2) is 19.9 Å². The van der Waals surface area contributed by atoms with Crippen LogP contribution in [0, 0.1) is 0 Å². The summed E-state index contributed by atoms with van der Waals surface area (Å²) < 4.78 is 0. The largest absolute Gasteiger partial charge is 0.243 e. The fraction of sp³-hybridized carbons (Fsp3) is 0. The molecular formula is C48H32N4. The van der Waals surface area contributed by atoms with Gasteiger partial charge in [0, 0.05) is 38.8 Å². The van der Waals surface area contributed by atoms with Gasteiger partial charge in [0.1, 0.15) is 0 Å². The van der Waals surface area contributed by atoms with Crippen molar-refractivity contribution in [1.29, 1.82) is 0 Å². The first kappa shape index (κ1) is 31.0. The predicted molar refractivity (Wildman–Crippen MR) is 213 cm³/mol. The Bertz CT molecular complexity index is 2660. The summed E-state index contributed by atoms with van der Waals surface area (Å²) in [6.07, 6.45) is 0. The van der Waals surface area contributed by atoms with Gasteiger partial charge in [-0.2, -0.15) is 0 Å². The first-order valence-electron chi connectivity index (χ1n) is 17.4. The maximum Gasteiger partial charge on any atom is 0.160 e. The molecule has 0 saturated heterocycles. The van der Waals surface area contributed by atoms with Crippen molar-refractivity contribution in [1.82, 2.24) is 19.9 Å². The van der Waals surface area contributed by atoms with Gasteiger partial charge >= 0.3 is 0 Å². The molecule has 4 heteroatoms. The van der Waals surface area contributed by atoms with E-state index < -0.39 is 0 Å². The SMILES string of the molecule is c1ccc(-c2nc(-c3cccc(-c4cccc(-c5nc(-c6ccccc6)c(-c6ccccc6)nc5-c5ccccc5)c4)c3)c3ccccc3n2)cc1. The average molecular weight is 665 g/mol. The van der Waals surface area contributed by atoms with Gasteiger partial charge in [0.25, 0.3) is 0 Å². The van der Waals surface area contributed by atoms with Crippen LogP contribution in [0.2, 0.25) is 0 Å². The van der Waals surface area contributed by atoms with Crippen molar-refractivity contribution in [3.8, 4) is 78.8 Å². The van der Waals surface area contributed by atoms with Gasteiger partial charge in [-0.25, -0.2) is 19.9 Å². The number of nitrogens with zero attached hydrogens (tertiary/aromatic N) is 4. The Balaban J connectivity index is 1.20. The number of benzene rings is 7. The van der Waals surface area contributed by atoms with Crippen LogP contribution >= 0.6 is 0 Å². The van der Waals surface area contributed by atoms with Gasteiger partial charge in [0.05, 0.1) is 34.0 Å². The second-order valence-corrected chi connectivity index (χ2v) is 12.7. The molecule has 0 amide bonds. The molecule has 0 N–H and O–H groups in total. The minimum absolute atomic E-state index is 0.710. The summed E-state index contributed by atoms with van der Waals surface area (Å²) in [5, 5.41) is 1.02. The molecule has 0 fully saturated rings. The Kier molecular flexibility index (Phi) is 8.16. The lowest BCUT2D eigenvalue weighted by Gasteiger charge is -2.16. The van der Waals surface area contributed by atoms with E-state index in [4.69, 9.17) is 19.9 Å². The lowest BCUT2D eigenvalue weighted by Crippen LogP contribution is -2.01. The van der Waals surface area contributed by atoms with Crippen molar-refractivity contribution in [2.45, 2.75) is 0 Å². The first-order chi connectivity index (χ1) is 25.8. The highest BCUT2D eigenvalue weighted by molar-refractivity contribution is 5.95. The average Bonchev–Trinajstić information content (AvgIpc) is 3.24. The molecule has 0 aliphatic heterocycles. The number of rotatable bonds is 7. The van der Waals surface area contributed by atoms with E-state index in [1.807, 2.05) is 72.8 Å². The number of aromatic nitrogens is 4. The van der Waals surface area contributed by atoms with E-state index >= 15 is 0 Å². The van der Waals surface area contributed by atoms with E-state index in [9.17, 15) is 0 Å². The van der Waals surface area contributed by atoms with E-state index in [-0.39, 0.29) is 0 Å². The maximum absolute atomic E-state index is 5.46. The van der Waals surface area contributed by atoms with Crippen molar-refractivity contribution in [2.75, 3.05) is 0 Å². The van der Waals surface area contributed by atoms with Crippen molar-refractivity contribution < 1.29 is 0 Å². The molecule has 0 aliphatic rings. The third-order valence-electron chi connectivity index (χ3n) is 9.28. The van der Waals surface area contributed by atoms with Crippen molar-refractivity contribution in [3.63, 3.8) is 0 Å². The molecule has 2 aromatic heterocycles. The third-order valence-corrected chi connectivity index (χ3v) is 9.28. The highest BCUT2D eigenvalue weighted by Gasteiger charge is 2.20. The fourth-order valence-electron chi connectivity index (χ4n) is 6.73.